The van der Waals surface area contributed by atoms with Gasteiger partial charge < -0.3 is 4.43 Å². The average Bonchev–Trinajstić information content (AvgIpc) is 1.92. The third kappa shape index (κ3) is 0.728. The van der Waals surface area contributed by atoms with Crippen LogP contribution in [0.2, 0.25) is 0 Å². The van der Waals surface area contributed by atoms with Gasteiger partial charge in [-0.3, -0.25) is 0 Å². The van der Waals surface area contributed by atoms with Crippen molar-refractivity contribution in [2.75, 3.05) is 0 Å². The molecule has 1 aromatic carbocycles. The molecular weight excluding hydrogens is 140 g/mol. The molecule has 1 aliphatic carbocycles. The van der Waals surface area contributed by atoms with E-state index in [1.165, 1.54) is 11.1 Å². The first kappa shape index (κ1) is 6.13. The zero-order valence-corrected chi connectivity index (χ0v) is 6.50. The summed E-state index contributed by atoms with van der Waals surface area (Å²) in [4.78, 5) is 0. The minimum atomic E-state index is 0.285. The highest BCUT2D eigenvalue weighted by Gasteiger charge is 2.23. The molecule has 1 nitrogen and oxygen atoms in total. The number of fused-ring (bicyclic) bond motifs is 1. The van der Waals surface area contributed by atoms with Crippen LogP contribution in [-0.2, 0) is 10.8 Å². The molecule has 1 aliphatic rings. The molecule has 0 bridgehead atoms. The molecule has 1 atom stereocenters. The summed E-state index contributed by atoms with van der Waals surface area (Å²) >= 11 is 0. The second-order valence-electron chi connectivity index (χ2n) is 2.51. The van der Waals surface area contributed by atoms with Gasteiger partial charge in [-0.2, -0.15) is 0 Å². The molecule has 0 fully saturated rings. The Morgan fingerprint density at radius 3 is 2.90 bits per heavy atom. The first-order valence-corrected chi connectivity index (χ1v) is 3.73. The van der Waals surface area contributed by atoms with E-state index in [0.29, 0.717) is 0 Å². The molecule has 0 saturated carbocycles. The zero-order valence-electron chi connectivity index (χ0n) is 5.50. The summed E-state index contributed by atoms with van der Waals surface area (Å²) in [7, 11) is 3.04. The van der Waals surface area contributed by atoms with Crippen molar-refractivity contribution in [3.63, 3.8) is 0 Å². The van der Waals surface area contributed by atoms with Crippen molar-refractivity contribution >= 4 is 10.5 Å². The number of benzene rings is 1. The van der Waals surface area contributed by atoms with Crippen LogP contribution >= 0.6 is 0 Å². The maximum atomic E-state index is 5.02. The van der Waals surface area contributed by atoms with Crippen molar-refractivity contribution < 1.29 is 4.43 Å². The lowest BCUT2D eigenvalue weighted by atomic mass is 9.86. The highest BCUT2D eigenvalue weighted by molar-refractivity contribution is 5.98. The van der Waals surface area contributed by atoms with Crippen LogP contribution in [0.5, 0.6) is 0 Å². The summed E-state index contributed by atoms with van der Waals surface area (Å²) in [6.07, 6.45) is 1.33. The van der Waals surface area contributed by atoms with E-state index in [0.717, 1.165) is 6.42 Å². The van der Waals surface area contributed by atoms with Crippen LogP contribution in [-0.4, -0.2) is 10.5 Å². The summed E-state index contributed by atoms with van der Waals surface area (Å²) in [5, 5.41) is 0. The molecule has 0 N–H and O–H groups in total. The van der Waals surface area contributed by atoms with E-state index in [4.69, 9.17) is 4.43 Å². The first-order chi connectivity index (χ1) is 4.92. The second kappa shape index (κ2) is 2.22. The monoisotopic (exact) mass is 147 g/mol. The standard InChI is InChI=1S/C8H7OSi/c10-9-8-5-6-3-1-2-4-7(6)8/h1-4,8H,5H2. The van der Waals surface area contributed by atoms with Crippen LogP contribution in [0, 0.1) is 0 Å². The van der Waals surface area contributed by atoms with Crippen LogP contribution in [0.1, 0.15) is 17.2 Å². The predicted molar refractivity (Wildman–Crippen MR) is 39.7 cm³/mol. The summed E-state index contributed by atoms with van der Waals surface area (Å²) < 4.78 is 5.02. The Bertz CT molecular complexity index is 247. The van der Waals surface area contributed by atoms with Crippen molar-refractivity contribution in [1.82, 2.24) is 0 Å². The Labute approximate surface area is 63.6 Å². The lowest BCUT2D eigenvalue weighted by molar-refractivity contribution is 0.200. The topological polar surface area (TPSA) is 9.23 Å². The van der Waals surface area contributed by atoms with E-state index in [1.54, 1.807) is 0 Å². The van der Waals surface area contributed by atoms with Crippen molar-refractivity contribution in [3.05, 3.63) is 35.4 Å². The molecule has 2 heteroatoms. The van der Waals surface area contributed by atoms with E-state index in [2.05, 4.69) is 28.7 Å². The summed E-state index contributed by atoms with van der Waals surface area (Å²) in [6, 6.07) is 8.33. The fourth-order valence-corrected chi connectivity index (χ4v) is 1.53. The summed E-state index contributed by atoms with van der Waals surface area (Å²) in [5.74, 6) is 0. The predicted octanol–water partition coefficient (Wildman–Crippen LogP) is 1.38. The van der Waals surface area contributed by atoms with Crippen LogP contribution in [0.25, 0.3) is 0 Å². The third-order valence-electron chi connectivity index (χ3n) is 1.95. The van der Waals surface area contributed by atoms with Gasteiger partial charge in [0.15, 0.2) is 0 Å². The summed E-state index contributed by atoms with van der Waals surface area (Å²) in [6.45, 7) is 0. The van der Waals surface area contributed by atoms with Gasteiger partial charge in [0, 0.05) is 6.42 Å². The Morgan fingerprint density at radius 1 is 1.40 bits per heavy atom. The van der Waals surface area contributed by atoms with Gasteiger partial charge in [-0.05, 0) is 11.1 Å². The van der Waals surface area contributed by atoms with Crippen molar-refractivity contribution in [3.8, 4) is 0 Å². The van der Waals surface area contributed by atoms with Crippen LogP contribution in [0.15, 0.2) is 24.3 Å². The van der Waals surface area contributed by atoms with Gasteiger partial charge in [-0.25, -0.2) is 0 Å². The maximum Gasteiger partial charge on any atom is 0.247 e. The minimum Gasteiger partial charge on any atom is -0.411 e. The SMILES string of the molecule is [Si]OC1Cc2ccccc21. The minimum absolute atomic E-state index is 0.285. The van der Waals surface area contributed by atoms with Crippen LogP contribution in [0.4, 0.5) is 0 Å². The lowest BCUT2D eigenvalue weighted by Crippen LogP contribution is -2.18. The molecule has 49 valence electrons. The Balaban J connectivity index is 2.34. The molecule has 0 heterocycles. The molecule has 1 aromatic rings. The van der Waals surface area contributed by atoms with Gasteiger partial charge in [-0.15, -0.1) is 0 Å². The molecule has 3 radical (unpaired) electrons. The van der Waals surface area contributed by atoms with Gasteiger partial charge in [0.25, 0.3) is 0 Å². The highest BCUT2D eigenvalue weighted by Crippen LogP contribution is 2.34. The molecule has 0 aliphatic heterocycles. The third-order valence-corrected chi connectivity index (χ3v) is 2.23. The maximum absolute atomic E-state index is 5.02. The quantitative estimate of drug-likeness (QED) is 0.545. The number of rotatable bonds is 1. The molecule has 0 amide bonds. The second-order valence-corrected chi connectivity index (χ2v) is 2.75. The molecular formula is C8H7OSi. The van der Waals surface area contributed by atoms with E-state index < -0.39 is 0 Å². The fraction of sp³-hybridized carbons (Fsp3) is 0.250. The van der Waals surface area contributed by atoms with Gasteiger partial charge in [0.2, 0.25) is 10.5 Å². The normalized spacial score (nSPS) is 21.5. The van der Waals surface area contributed by atoms with E-state index in [-0.39, 0.29) is 6.10 Å². The Hall–Kier alpha value is -0.603. The van der Waals surface area contributed by atoms with E-state index in [1.807, 2.05) is 6.07 Å². The lowest BCUT2D eigenvalue weighted by Gasteiger charge is -2.28. The fourth-order valence-electron chi connectivity index (χ4n) is 1.32. The zero-order chi connectivity index (χ0) is 6.97. The molecule has 0 aromatic heterocycles. The largest absolute Gasteiger partial charge is 0.411 e. The smallest absolute Gasteiger partial charge is 0.247 e. The molecule has 0 saturated heterocycles. The molecule has 0 spiro atoms. The van der Waals surface area contributed by atoms with Gasteiger partial charge in [-0.1, -0.05) is 24.3 Å². The van der Waals surface area contributed by atoms with Crippen LogP contribution < -0.4 is 0 Å². The van der Waals surface area contributed by atoms with Gasteiger partial charge in [0.05, 0.1) is 6.10 Å². The highest BCUT2D eigenvalue weighted by atomic mass is 28.2. The first-order valence-electron chi connectivity index (χ1n) is 3.32. The van der Waals surface area contributed by atoms with Gasteiger partial charge >= 0.3 is 0 Å². The van der Waals surface area contributed by atoms with Crippen molar-refractivity contribution in [2.45, 2.75) is 12.5 Å². The van der Waals surface area contributed by atoms with Crippen LogP contribution in [0.3, 0.4) is 0 Å². The number of hydrogen-bond acceptors (Lipinski definition) is 1. The Kier molecular flexibility index (Phi) is 1.36. The van der Waals surface area contributed by atoms with Gasteiger partial charge in [0.1, 0.15) is 0 Å². The van der Waals surface area contributed by atoms with Crippen molar-refractivity contribution in [2.24, 2.45) is 0 Å². The summed E-state index contributed by atoms with van der Waals surface area (Å²) in [5.41, 5.74) is 2.73. The van der Waals surface area contributed by atoms with Crippen molar-refractivity contribution in [1.29, 1.82) is 0 Å². The van der Waals surface area contributed by atoms with E-state index in [9.17, 15) is 0 Å². The number of hydrogen-bond donors (Lipinski definition) is 0. The molecule has 10 heavy (non-hydrogen) atoms. The average molecular weight is 147 g/mol. The molecule has 2 rings (SSSR count). The Morgan fingerprint density at radius 2 is 2.20 bits per heavy atom. The van der Waals surface area contributed by atoms with E-state index >= 15 is 0 Å². The molecule has 1 unspecified atom stereocenters.